The molecule has 3 unspecified atom stereocenters. The molecule has 1 aromatic carbocycles. The molecule has 1 aromatic rings. The van der Waals surface area contributed by atoms with E-state index < -0.39 is 0 Å². The van der Waals surface area contributed by atoms with Crippen LogP contribution < -0.4 is 0 Å². The molecule has 3 rings (SSSR count). The van der Waals surface area contributed by atoms with Crippen molar-refractivity contribution in [2.24, 2.45) is 17.8 Å². The Balaban J connectivity index is 1.47. The number of hydrogen-bond donors (Lipinski definition) is 0. The molecule has 2 aliphatic rings. The van der Waals surface area contributed by atoms with E-state index in [4.69, 9.17) is 0 Å². The molecule has 3 atom stereocenters. The summed E-state index contributed by atoms with van der Waals surface area (Å²) in [7, 11) is 0. The number of hydrogen-bond acceptors (Lipinski definition) is 1. The van der Waals surface area contributed by atoms with Crippen molar-refractivity contribution in [1.82, 2.24) is 0 Å². The normalized spacial score (nSPS) is 28.8. The molecule has 0 aromatic heterocycles. The number of aryl methyl sites for hydroxylation is 2. The summed E-state index contributed by atoms with van der Waals surface area (Å²) in [4.78, 5) is 12.1. The second-order valence-electron chi connectivity index (χ2n) is 6.67. The van der Waals surface area contributed by atoms with Gasteiger partial charge in [0, 0.05) is 12.8 Å². The quantitative estimate of drug-likeness (QED) is 0.766. The molecule has 0 radical (unpaired) electrons. The van der Waals surface area contributed by atoms with Crippen molar-refractivity contribution in [3.8, 4) is 0 Å². The first-order valence-corrected chi connectivity index (χ1v) is 7.78. The lowest BCUT2D eigenvalue weighted by Gasteiger charge is -2.20. The van der Waals surface area contributed by atoms with Crippen LogP contribution in [-0.2, 0) is 11.2 Å². The fraction of sp³-hybridized carbons (Fsp3) is 0.611. The highest BCUT2D eigenvalue weighted by Crippen LogP contribution is 2.49. The average molecular weight is 256 g/mol. The van der Waals surface area contributed by atoms with E-state index in [1.54, 1.807) is 0 Å². The lowest BCUT2D eigenvalue weighted by atomic mass is 9.84. The molecule has 0 amide bonds. The van der Waals surface area contributed by atoms with Crippen LogP contribution in [0.2, 0.25) is 0 Å². The second-order valence-corrected chi connectivity index (χ2v) is 6.67. The highest BCUT2D eigenvalue weighted by atomic mass is 16.1. The Morgan fingerprint density at radius 2 is 2.16 bits per heavy atom. The van der Waals surface area contributed by atoms with Crippen LogP contribution in [0.25, 0.3) is 0 Å². The predicted molar refractivity (Wildman–Crippen MR) is 78.1 cm³/mol. The minimum Gasteiger partial charge on any atom is -0.300 e. The molecule has 0 aliphatic heterocycles. The van der Waals surface area contributed by atoms with Crippen LogP contribution in [0.5, 0.6) is 0 Å². The van der Waals surface area contributed by atoms with Gasteiger partial charge in [-0.05, 0) is 55.9 Å². The first-order valence-electron chi connectivity index (χ1n) is 7.78. The van der Waals surface area contributed by atoms with Gasteiger partial charge in [0.15, 0.2) is 0 Å². The van der Waals surface area contributed by atoms with Gasteiger partial charge in [0.25, 0.3) is 0 Å². The fourth-order valence-corrected chi connectivity index (χ4v) is 4.17. The molecule has 0 saturated heterocycles. The summed E-state index contributed by atoms with van der Waals surface area (Å²) >= 11 is 0. The average Bonchev–Trinajstić information content (AvgIpc) is 2.99. The summed E-state index contributed by atoms with van der Waals surface area (Å²) in [5, 5.41) is 0. The molecule has 2 fully saturated rings. The first-order chi connectivity index (χ1) is 9.20. The van der Waals surface area contributed by atoms with Crippen molar-refractivity contribution in [3.05, 3.63) is 35.4 Å². The Labute approximate surface area is 116 Å². The van der Waals surface area contributed by atoms with Gasteiger partial charge in [-0.15, -0.1) is 0 Å². The zero-order valence-corrected chi connectivity index (χ0v) is 11.9. The minimum absolute atomic E-state index is 0.485. The number of ketones is 1. The van der Waals surface area contributed by atoms with Gasteiger partial charge in [-0.3, -0.25) is 4.79 Å². The van der Waals surface area contributed by atoms with Crippen molar-refractivity contribution in [1.29, 1.82) is 0 Å². The Morgan fingerprint density at radius 3 is 2.84 bits per heavy atom. The maximum atomic E-state index is 12.1. The summed E-state index contributed by atoms with van der Waals surface area (Å²) in [5.41, 5.74) is 2.60. The van der Waals surface area contributed by atoms with Gasteiger partial charge in [-0.25, -0.2) is 0 Å². The van der Waals surface area contributed by atoms with E-state index in [1.165, 1.54) is 36.8 Å². The molecular weight excluding hydrogens is 232 g/mol. The van der Waals surface area contributed by atoms with Crippen LogP contribution in [-0.4, -0.2) is 5.78 Å². The Bertz CT molecular complexity index is 463. The van der Waals surface area contributed by atoms with E-state index >= 15 is 0 Å². The van der Waals surface area contributed by atoms with Gasteiger partial charge < -0.3 is 0 Å². The fourth-order valence-electron chi connectivity index (χ4n) is 4.17. The lowest BCUT2D eigenvalue weighted by Crippen LogP contribution is -2.15. The summed E-state index contributed by atoms with van der Waals surface area (Å²) < 4.78 is 0. The van der Waals surface area contributed by atoms with E-state index in [0.717, 1.165) is 37.0 Å². The monoisotopic (exact) mass is 256 g/mol. The van der Waals surface area contributed by atoms with E-state index in [1.807, 2.05) is 0 Å². The molecule has 2 bridgehead atoms. The van der Waals surface area contributed by atoms with Crippen LogP contribution in [0.1, 0.15) is 49.7 Å². The van der Waals surface area contributed by atoms with Crippen LogP contribution >= 0.6 is 0 Å². The molecule has 0 spiro atoms. The zero-order valence-electron chi connectivity index (χ0n) is 11.9. The van der Waals surface area contributed by atoms with Crippen LogP contribution in [0.4, 0.5) is 0 Å². The number of rotatable bonds is 5. The molecule has 0 heterocycles. The molecule has 1 nitrogen and oxygen atoms in total. The molecular formula is C18H24O. The minimum atomic E-state index is 0.485. The molecule has 2 aliphatic carbocycles. The third-order valence-electron chi connectivity index (χ3n) is 5.15. The number of carbonyl (C=O) groups is 1. The van der Waals surface area contributed by atoms with Gasteiger partial charge in [0.1, 0.15) is 5.78 Å². The highest BCUT2D eigenvalue weighted by Gasteiger charge is 2.39. The van der Waals surface area contributed by atoms with Gasteiger partial charge in [0.2, 0.25) is 0 Å². The van der Waals surface area contributed by atoms with Crippen molar-refractivity contribution in [2.45, 2.75) is 51.9 Å². The van der Waals surface area contributed by atoms with Crippen LogP contribution in [0.15, 0.2) is 24.3 Å². The third-order valence-corrected chi connectivity index (χ3v) is 5.15. The van der Waals surface area contributed by atoms with Gasteiger partial charge in [-0.2, -0.15) is 0 Å². The first kappa shape index (κ1) is 12.9. The molecule has 0 N–H and O–H groups in total. The zero-order chi connectivity index (χ0) is 13.2. The number of Topliss-reactive ketones (excluding diaryl/α,β-unsaturated/α-hetero) is 1. The summed E-state index contributed by atoms with van der Waals surface area (Å²) in [5.74, 6) is 3.05. The Hall–Kier alpha value is -1.11. The standard InChI is InChI=1S/C18H24O/c1-13-3-2-4-14(9-13)6-8-18(19)12-17-11-15-5-7-16(17)10-15/h2-4,9,15-17H,5-8,10-12H2,1H3. The Morgan fingerprint density at radius 1 is 1.26 bits per heavy atom. The number of benzene rings is 1. The molecule has 19 heavy (non-hydrogen) atoms. The highest BCUT2D eigenvalue weighted by molar-refractivity contribution is 5.79. The topological polar surface area (TPSA) is 17.1 Å². The third kappa shape index (κ3) is 3.08. The summed E-state index contributed by atoms with van der Waals surface area (Å²) in [6.45, 7) is 2.11. The van der Waals surface area contributed by atoms with Gasteiger partial charge in [0.05, 0.1) is 0 Å². The summed E-state index contributed by atoms with van der Waals surface area (Å²) in [6, 6.07) is 8.54. The SMILES string of the molecule is Cc1cccc(CCC(=O)CC2CC3CCC2C3)c1. The van der Waals surface area contributed by atoms with E-state index in [0.29, 0.717) is 5.78 Å². The van der Waals surface area contributed by atoms with E-state index in [-0.39, 0.29) is 0 Å². The van der Waals surface area contributed by atoms with Gasteiger partial charge >= 0.3 is 0 Å². The second kappa shape index (κ2) is 5.48. The molecule has 2 saturated carbocycles. The maximum Gasteiger partial charge on any atom is 0.133 e. The molecule has 1 heteroatoms. The van der Waals surface area contributed by atoms with Crippen molar-refractivity contribution < 1.29 is 4.79 Å². The van der Waals surface area contributed by atoms with E-state index in [9.17, 15) is 4.79 Å². The lowest BCUT2D eigenvalue weighted by molar-refractivity contribution is -0.120. The van der Waals surface area contributed by atoms with Crippen LogP contribution in [0.3, 0.4) is 0 Å². The van der Waals surface area contributed by atoms with E-state index in [2.05, 4.69) is 31.2 Å². The predicted octanol–water partition coefficient (Wildman–Crippen LogP) is 4.32. The van der Waals surface area contributed by atoms with Crippen molar-refractivity contribution in [3.63, 3.8) is 0 Å². The maximum absolute atomic E-state index is 12.1. The molecule has 102 valence electrons. The smallest absolute Gasteiger partial charge is 0.133 e. The van der Waals surface area contributed by atoms with Crippen molar-refractivity contribution in [2.75, 3.05) is 0 Å². The Kier molecular flexibility index (Phi) is 3.72. The largest absolute Gasteiger partial charge is 0.300 e. The summed E-state index contributed by atoms with van der Waals surface area (Å²) in [6.07, 6.45) is 8.07. The van der Waals surface area contributed by atoms with Crippen LogP contribution in [0, 0.1) is 24.7 Å². The number of carbonyl (C=O) groups excluding carboxylic acids is 1. The number of fused-ring (bicyclic) bond motifs is 2. The van der Waals surface area contributed by atoms with Crippen molar-refractivity contribution >= 4 is 5.78 Å². The van der Waals surface area contributed by atoms with Gasteiger partial charge in [-0.1, -0.05) is 36.2 Å².